The van der Waals surface area contributed by atoms with E-state index >= 15 is 0 Å². The summed E-state index contributed by atoms with van der Waals surface area (Å²) in [4.78, 5) is 12.3. The quantitative estimate of drug-likeness (QED) is 0.851. The molecule has 0 amide bonds. The molecule has 1 aromatic rings. The Kier molecular flexibility index (Phi) is 4.41. The zero-order valence-corrected chi connectivity index (χ0v) is 12.8. The smallest absolute Gasteiger partial charge is 0.313 e. The van der Waals surface area contributed by atoms with Crippen molar-refractivity contribution in [2.75, 3.05) is 0 Å². The molecule has 0 saturated heterocycles. The molecule has 1 atom stereocenters. The number of ether oxygens (including phenoxy) is 1. The van der Waals surface area contributed by atoms with E-state index in [4.69, 9.17) is 10.5 Å². The zero-order chi connectivity index (χ0) is 14.8. The average molecular weight is 263 g/mol. The van der Waals surface area contributed by atoms with E-state index in [9.17, 15) is 4.79 Å². The van der Waals surface area contributed by atoms with Crippen molar-refractivity contribution >= 4 is 5.97 Å². The monoisotopic (exact) mass is 263 g/mol. The van der Waals surface area contributed by atoms with Gasteiger partial charge in [0.05, 0.1) is 5.41 Å². The third-order valence-electron chi connectivity index (χ3n) is 3.14. The molecule has 0 saturated carbocycles. The summed E-state index contributed by atoms with van der Waals surface area (Å²) in [7, 11) is 0. The van der Waals surface area contributed by atoms with Gasteiger partial charge in [-0.2, -0.15) is 0 Å². The Balaban J connectivity index is 2.92. The van der Waals surface area contributed by atoms with Crippen molar-refractivity contribution in [1.29, 1.82) is 0 Å². The van der Waals surface area contributed by atoms with Crippen LogP contribution in [0.15, 0.2) is 24.3 Å². The van der Waals surface area contributed by atoms with Gasteiger partial charge in [-0.25, -0.2) is 0 Å². The molecule has 3 heteroatoms. The Bertz CT molecular complexity index is 441. The molecule has 1 aromatic carbocycles. The average Bonchev–Trinajstić information content (AvgIpc) is 2.26. The largest absolute Gasteiger partial charge is 0.460 e. The highest BCUT2D eigenvalue weighted by molar-refractivity contribution is 5.77. The van der Waals surface area contributed by atoms with Crippen molar-refractivity contribution in [1.82, 2.24) is 0 Å². The Morgan fingerprint density at radius 1 is 1.11 bits per heavy atom. The molecule has 0 aliphatic carbocycles. The van der Waals surface area contributed by atoms with E-state index < -0.39 is 11.0 Å². The fourth-order valence-corrected chi connectivity index (χ4v) is 1.73. The maximum atomic E-state index is 12.3. The Labute approximate surface area is 116 Å². The molecule has 0 bridgehead atoms. The number of nitrogens with two attached hydrogens (primary N) is 1. The molecule has 1 rings (SSSR count). The zero-order valence-electron chi connectivity index (χ0n) is 12.8. The van der Waals surface area contributed by atoms with E-state index in [1.54, 1.807) is 0 Å². The van der Waals surface area contributed by atoms with Gasteiger partial charge in [-0.15, -0.1) is 0 Å². The van der Waals surface area contributed by atoms with Gasteiger partial charge in [0.15, 0.2) is 0 Å². The van der Waals surface area contributed by atoms with Crippen LogP contribution in [0.2, 0.25) is 0 Å². The normalized spacial score (nSPS) is 14.1. The van der Waals surface area contributed by atoms with Crippen LogP contribution in [-0.2, 0) is 9.53 Å². The minimum absolute atomic E-state index is 0.270. The van der Waals surface area contributed by atoms with E-state index in [2.05, 4.69) is 0 Å². The second-order valence-corrected chi connectivity index (χ2v) is 6.61. The lowest BCUT2D eigenvalue weighted by Crippen LogP contribution is -2.41. The number of carbonyl (C=O) groups is 1. The van der Waals surface area contributed by atoms with E-state index in [0.29, 0.717) is 0 Å². The second kappa shape index (κ2) is 5.33. The van der Waals surface area contributed by atoms with Crippen LogP contribution in [0.5, 0.6) is 0 Å². The third kappa shape index (κ3) is 4.06. The summed E-state index contributed by atoms with van der Waals surface area (Å²) < 4.78 is 5.45. The van der Waals surface area contributed by atoms with E-state index in [-0.39, 0.29) is 12.0 Å². The number of hydrogen-bond donors (Lipinski definition) is 1. The maximum absolute atomic E-state index is 12.3. The highest BCUT2D eigenvalue weighted by Crippen LogP contribution is 2.34. The predicted octanol–water partition coefficient (Wildman–Crippen LogP) is 3.36. The van der Waals surface area contributed by atoms with Gasteiger partial charge in [0.2, 0.25) is 0 Å². The molecule has 0 unspecified atom stereocenters. The van der Waals surface area contributed by atoms with Crippen molar-refractivity contribution in [3.05, 3.63) is 35.4 Å². The minimum Gasteiger partial charge on any atom is -0.460 e. The fourth-order valence-electron chi connectivity index (χ4n) is 1.73. The Hall–Kier alpha value is -1.35. The van der Waals surface area contributed by atoms with Gasteiger partial charge in [-0.1, -0.05) is 29.8 Å². The standard InChI is InChI=1S/C16H25NO2/c1-11-7-9-12(10-8-11)13(17)16(5,6)14(18)19-15(2,3)4/h7-10,13H,17H2,1-6H3/t13-/m1/s1. The van der Waals surface area contributed by atoms with Crippen molar-refractivity contribution in [2.24, 2.45) is 11.1 Å². The number of hydrogen-bond acceptors (Lipinski definition) is 3. The first kappa shape index (κ1) is 15.7. The fraction of sp³-hybridized carbons (Fsp3) is 0.562. The van der Waals surface area contributed by atoms with Crippen LogP contribution in [0.4, 0.5) is 0 Å². The molecular weight excluding hydrogens is 238 g/mol. The molecule has 0 aromatic heterocycles. The molecule has 2 N–H and O–H groups in total. The molecule has 3 nitrogen and oxygen atoms in total. The topological polar surface area (TPSA) is 52.3 Å². The van der Waals surface area contributed by atoms with Gasteiger partial charge >= 0.3 is 5.97 Å². The maximum Gasteiger partial charge on any atom is 0.313 e. The highest BCUT2D eigenvalue weighted by atomic mass is 16.6. The van der Waals surface area contributed by atoms with Crippen molar-refractivity contribution in [2.45, 2.75) is 53.2 Å². The van der Waals surface area contributed by atoms with Gasteiger partial charge in [-0.05, 0) is 47.1 Å². The Morgan fingerprint density at radius 3 is 2.00 bits per heavy atom. The molecule has 0 radical (unpaired) electrons. The first-order valence-electron chi connectivity index (χ1n) is 6.59. The van der Waals surface area contributed by atoms with Gasteiger partial charge in [0.1, 0.15) is 5.60 Å². The summed E-state index contributed by atoms with van der Waals surface area (Å²) in [6.07, 6.45) is 0. The van der Waals surface area contributed by atoms with Crippen LogP contribution in [0.1, 0.15) is 51.8 Å². The second-order valence-electron chi connectivity index (χ2n) is 6.61. The van der Waals surface area contributed by atoms with Crippen LogP contribution < -0.4 is 5.73 Å². The number of aryl methyl sites for hydroxylation is 1. The van der Waals surface area contributed by atoms with Crippen LogP contribution in [0.3, 0.4) is 0 Å². The van der Waals surface area contributed by atoms with Gasteiger partial charge in [0, 0.05) is 6.04 Å². The number of benzene rings is 1. The molecule has 0 aliphatic heterocycles. The molecular formula is C16H25NO2. The summed E-state index contributed by atoms with van der Waals surface area (Å²) >= 11 is 0. The van der Waals surface area contributed by atoms with Crippen LogP contribution >= 0.6 is 0 Å². The van der Waals surface area contributed by atoms with Gasteiger partial charge in [0.25, 0.3) is 0 Å². The minimum atomic E-state index is -0.761. The van der Waals surface area contributed by atoms with E-state index in [1.807, 2.05) is 65.8 Å². The number of carbonyl (C=O) groups excluding carboxylic acids is 1. The lowest BCUT2D eigenvalue weighted by atomic mass is 9.80. The van der Waals surface area contributed by atoms with Crippen molar-refractivity contribution in [3.63, 3.8) is 0 Å². The van der Waals surface area contributed by atoms with E-state index in [1.165, 1.54) is 5.56 Å². The summed E-state index contributed by atoms with van der Waals surface area (Å²) in [5, 5.41) is 0. The first-order chi connectivity index (χ1) is 8.54. The van der Waals surface area contributed by atoms with Crippen LogP contribution in [0.25, 0.3) is 0 Å². The van der Waals surface area contributed by atoms with Crippen LogP contribution in [0, 0.1) is 12.3 Å². The first-order valence-corrected chi connectivity index (χ1v) is 6.59. The number of esters is 1. The summed E-state index contributed by atoms with van der Waals surface area (Å²) in [5.74, 6) is -0.270. The molecule has 0 aliphatic rings. The summed E-state index contributed by atoms with van der Waals surface area (Å²) in [6, 6.07) is 7.54. The van der Waals surface area contributed by atoms with Crippen molar-refractivity contribution in [3.8, 4) is 0 Å². The van der Waals surface area contributed by atoms with Gasteiger partial charge in [-0.3, -0.25) is 4.79 Å². The van der Waals surface area contributed by atoms with Crippen molar-refractivity contribution < 1.29 is 9.53 Å². The molecule has 0 fully saturated rings. The van der Waals surface area contributed by atoms with Crippen LogP contribution in [-0.4, -0.2) is 11.6 Å². The molecule has 0 spiro atoms. The lowest BCUT2D eigenvalue weighted by molar-refractivity contribution is -0.167. The van der Waals surface area contributed by atoms with Gasteiger partial charge < -0.3 is 10.5 Å². The van der Waals surface area contributed by atoms with E-state index in [0.717, 1.165) is 5.56 Å². The summed E-state index contributed by atoms with van der Waals surface area (Å²) in [5.41, 5.74) is 7.10. The highest BCUT2D eigenvalue weighted by Gasteiger charge is 2.38. The molecule has 0 heterocycles. The summed E-state index contributed by atoms with van der Waals surface area (Å²) in [6.45, 7) is 11.3. The number of rotatable bonds is 3. The Morgan fingerprint density at radius 2 is 1.58 bits per heavy atom. The molecule has 106 valence electrons. The lowest BCUT2D eigenvalue weighted by Gasteiger charge is -2.33. The SMILES string of the molecule is Cc1ccc([C@@H](N)C(C)(C)C(=O)OC(C)(C)C)cc1. The molecule has 19 heavy (non-hydrogen) atoms. The predicted molar refractivity (Wildman–Crippen MR) is 77.7 cm³/mol. The third-order valence-corrected chi connectivity index (χ3v) is 3.14.